The van der Waals surface area contributed by atoms with E-state index in [1.165, 1.54) is 38.9 Å². The van der Waals surface area contributed by atoms with E-state index < -0.39 is 0 Å². The van der Waals surface area contributed by atoms with E-state index in [1.807, 2.05) is 0 Å². The van der Waals surface area contributed by atoms with Crippen molar-refractivity contribution in [3.63, 3.8) is 0 Å². The minimum Gasteiger partial charge on any atom is -0.381 e. The number of nitrogens with zero attached hydrogens (tertiary/aromatic N) is 2. The number of rotatable bonds is 3. The van der Waals surface area contributed by atoms with Gasteiger partial charge in [0.15, 0.2) is 0 Å². The molecule has 106 valence electrons. The highest BCUT2D eigenvalue weighted by atomic mass is 16.5. The average molecular weight is 255 g/mol. The molecule has 2 atom stereocenters. The third-order valence-corrected chi connectivity index (χ3v) is 4.58. The van der Waals surface area contributed by atoms with E-state index in [-0.39, 0.29) is 0 Å². The molecule has 0 radical (unpaired) electrons. The number of ether oxygens (including phenoxy) is 1. The third-order valence-electron chi connectivity index (χ3n) is 4.58. The highest BCUT2D eigenvalue weighted by molar-refractivity contribution is 4.87. The Morgan fingerprint density at radius 3 is 2.67 bits per heavy atom. The summed E-state index contributed by atoms with van der Waals surface area (Å²) < 4.78 is 5.48. The Kier molecular flexibility index (Phi) is 5.42. The summed E-state index contributed by atoms with van der Waals surface area (Å²) in [5, 5.41) is 0. The molecule has 0 aliphatic carbocycles. The van der Waals surface area contributed by atoms with Gasteiger partial charge in [0.25, 0.3) is 0 Å². The van der Waals surface area contributed by atoms with Crippen LogP contribution < -0.4 is 5.73 Å². The van der Waals surface area contributed by atoms with Crippen molar-refractivity contribution in [2.24, 2.45) is 11.7 Å². The van der Waals surface area contributed by atoms with Crippen molar-refractivity contribution < 1.29 is 4.74 Å². The summed E-state index contributed by atoms with van der Waals surface area (Å²) in [6, 6.07) is 1.17. The summed E-state index contributed by atoms with van der Waals surface area (Å²) in [6.07, 6.45) is 3.63. The first-order valence-corrected chi connectivity index (χ1v) is 7.44. The van der Waals surface area contributed by atoms with Crippen LogP contribution in [-0.2, 0) is 4.74 Å². The molecule has 2 rings (SSSR count). The summed E-state index contributed by atoms with van der Waals surface area (Å²) in [5.74, 6) is 0.731. The molecule has 0 aromatic carbocycles. The van der Waals surface area contributed by atoms with Crippen molar-refractivity contribution in [3.05, 3.63) is 0 Å². The lowest BCUT2D eigenvalue weighted by molar-refractivity contribution is 0.0176. The second-order valence-corrected chi connectivity index (χ2v) is 5.96. The number of hydrogen-bond acceptors (Lipinski definition) is 4. The van der Waals surface area contributed by atoms with Crippen LogP contribution >= 0.6 is 0 Å². The molecule has 2 unspecified atom stereocenters. The fourth-order valence-electron chi connectivity index (χ4n) is 3.58. The normalized spacial score (nSPS) is 31.2. The largest absolute Gasteiger partial charge is 0.381 e. The van der Waals surface area contributed by atoms with Gasteiger partial charge in [-0.2, -0.15) is 0 Å². The minimum absolute atomic E-state index is 0.551. The fraction of sp³-hybridized carbons (Fsp3) is 1.00. The van der Waals surface area contributed by atoms with Gasteiger partial charge < -0.3 is 15.4 Å². The van der Waals surface area contributed by atoms with Gasteiger partial charge in [-0.15, -0.1) is 0 Å². The quantitative estimate of drug-likeness (QED) is 0.809. The fourth-order valence-corrected chi connectivity index (χ4v) is 3.58. The Balaban J connectivity index is 2.00. The van der Waals surface area contributed by atoms with Crippen LogP contribution in [-0.4, -0.2) is 68.3 Å². The van der Waals surface area contributed by atoms with E-state index in [1.54, 1.807) is 0 Å². The molecule has 2 fully saturated rings. The lowest BCUT2D eigenvalue weighted by Crippen LogP contribution is -2.52. The lowest BCUT2D eigenvalue weighted by Gasteiger charge is -2.40. The van der Waals surface area contributed by atoms with Gasteiger partial charge in [-0.3, -0.25) is 4.90 Å². The molecular formula is C14H29N3O. The standard InChI is InChI=1S/C14H29N3O/c1-12-11-16(2)6-3-7-17(12)14(10-15)13-4-8-18-9-5-13/h12-14H,3-11,15H2,1-2H3. The Bertz CT molecular complexity index is 243. The molecule has 0 aromatic rings. The molecular weight excluding hydrogens is 226 g/mol. The van der Waals surface area contributed by atoms with Crippen molar-refractivity contribution in [1.29, 1.82) is 0 Å². The molecule has 0 saturated carbocycles. The maximum atomic E-state index is 6.09. The summed E-state index contributed by atoms with van der Waals surface area (Å²) in [6.45, 7) is 8.56. The molecule has 2 heterocycles. The molecule has 2 aliphatic rings. The first kappa shape index (κ1) is 14.3. The zero-order valence-electron chi connectivity index (χ0n) is 12.0. The van der Waals surface area contributed by atoms with E-state index in [4.69, 9.17) is 10.5 Å². The van der Waals surface area contributed by atoms with E-state index in [0.29, 0.717) is 12.1 Å². The van der Waals surface area contributed by atoms with E-state index >= 15 is 0 Å². The van der Waals surface area contributed by atoms with Gasteiger partial charge in [-0.05, 0) is 45.7 Å². The summed E-state index contributed by atoms with van der Waals surface area (Å²) >= 11 is 0. The van der Waals surface area contributed by atoms with E-state index in [9.17, 15) is 0 Å². The van der Waals surface area contributed by atoms with Gasteiger partial charge in [0, 0.05) is 44.9 Å². The first-order chi connectivity index (χ1) is 8.72. The number of hydrogen-bond donors (Lipinski definition) is 1. The number of likely N-dealkylation sites (N-methyl/N-ethyl adjacent to an activating group) is 1. The predicted molar refractivity (Wildman–Crippen MR) is 74.7 cm³/mol. The van der Waals surface area contributed by atoms with Crippen molar-refractivity contribution in [3.8, 4) is 0 Å². The minimum atomic E-state index is 0.551. The van der Waals surface area contributed by atoms with Gasteiger partial charge >= 0.3 is 0 Å². The van der Waals surface area contributed by atoms with Crippen molar-refractivity contribution >= 4 is 0 Å². The van der Waals surface area contributed by atoms with E-state index in [2.05, 4.69) is 23.8 Å². The number of nitrogens with two attached hydrogens (primary N) is 1. The van der Waals surface area contributed by atoms with Gasteiger partial charge in [0.1, 0.15) is 0 Å². The summed E-state index contributed by atoms with van der Waals surface area (Å²) in [5.41, 5.74) is 6.09. The topological polar surface area (TPSA) is 41.7 Å². The predicted octanol–water partition coefficient (Wildman–Crippen LogP) is 0.766. The molecule has 4 heteroatoms. The van der Waals surface area contributed by atoms with Crippen LogP contribution in [0.15, 0.2) is 0 Å². The molecule has 2 N–H and O–H groups in total. The average Bonchev–Trinajstić information content (AvgIpc) is 2.54. The van der Waals surface area contributed by atoms with Gasteiger partial charge in [-0.25, -0.2) is 0 Å². The zero-order chi connectivity index (χ0) is 13.0. The van der Waals surface area contributed by atoms with Crippen LogP contribution in [0, 0.1) is 5.92 Å². The molecule has 0 bridgehead atoms. The highest BCUT2D eigenvalue weighted by Crippen LogP contribution is 2.25. The monoisotopic (exact) mass is 255 g/mol. The Labute approximate surface area is 111 Å². The zero-order valence-corrected chi connectivity index (χ0v) is 12.0. The van der Waals surface area contributed by atoms with Crippen molar-refractivity contribution in [2.75, 3.05) is 46.4 Å². The van der Waals surface area contributed by atoms with Crippen LogP contribution in [0.5, 0.6) is 0 Å². The molecule has 4 nitrogen and oxygen atoms in total. The smallest absolute Gasteiger partial charge is 0.0469 e. The molecule has 2 aliphatic heterocycles. The van der Waals surface area contributed by atoms with Crippen LogP contribution in [0.3, 0.4) is 0 Å². The Hall–Kier alpha value is -0.160. The molecule has 2 saturated heterocycles. The summed E-state index contributed by atoms with van der Waals surface area (Å²) in [7, 11) is 2.23. The maximum Gasteiger partial charge on any atom is 0.0469 e. The first-order valence-electron chi connectivity index (χ1n) is 7.44. The lowest BCUT2D eigenvalue weighted by atomic mass is 9.89. The second kappa shape index (κ2) is 6.85. The maximum absolute atomic E-state index is 6.09. The van der Waals surface area contributed by atoms with Gasteiger partial charge in [0.05, 0.1) is 0 Å². The Morgan fingerprint density at radius 2 is 2.00 bits per heavy atom. The summed E-state index contributed by atoms with van der Waals surface area (Å²) in [4.78, 5) is 5.11. The van der Waals surface area contributed by atoms with Crippen LogP contribution in [0.25, 0.3) is 0 Å². The molecule has 18 heavy (non-hydrogen) atoms. The molecule has 0 amide bonds. The SMILES string of the molecule is CC1CN(C)CCCN1C(CN)C1CCOCC1. The second-order valence-electron chi connectivity index (χ2n) is 5.96. The van der Waals surface area contributed by atoms with Crippen LogP contribution in [0.4, 0.5) is 0 Å². The third kappa shape index (κ3) is 3.44. The highest BCUT2D eigenvalue weighted by Gasteiger charge is 2.32. The molecule has 0 spiro atoms. The Morgan fingerprint density at radius 1 is 1.28 bits per heavy atom. The molecule has 0 aromatic heterocycles. The van der Waals surface area contributed by atoms with Gasteiger partial charge in [0.2, 0.25) is 0 Å². The van der Waals surface area contributed by atoms with Crippen LogP contribution in [0.1, 0.15) is 26.2 Å². The van der Waals surface area contributed by atoms with Gasteiger partial charge in [-0.1, -0.05) is 0 Å². The van der Waals surface area contributed by atoms with E-state index in [0.717, 1.165) is 25.7 Å². The van der Waals surface area contributed by atoms with Crippen molar-refractivity contribution in [1.82, 2.24) is 9.80 Å². The van der Waals surface area contributed by atoms with Crippen molar-refractivity contribution in [2.45, 2.75) is 38.3 Å². The van der Waals surface area contributed by atoms with Crippen LogP contribution in [0.2, 0.25) is 0 Å².